The Balaban J connectivity index is 2.43. The van der Waals surface area contributed by atoms with Gasteiger partial charge < -0.3 is 10.5 Å². The van der Waals surface area contributed by atoms with Crippen LogP contribution in [0, 0.1) is 0 Å². The third kappa shape index (κ3) is 1.55. The van der Waals surface area contributed by atoms with Gasteiger partial charge in [0.2, 0.25) is 5.95 Å². The van der Waals surface area contributed by atoms with Gasteiger partial charge >= 0.3 is 0 Å². The molecule has 0 amide bonds. The molecule has 0 unspecified atom stereocenters. The third-order valence-corrected chi connectivity index (χ3v) is 2.71. The molecule has 0 aliphatic rings. The molecule has 0 spiro atoms. The molecule has 3 N–H and O–H groups in total. The molecule has 1 aromatic carbocycles. The molecule has 90 valence electrons. The van der Waals surface area contributed by atoms with Crippen molar-refractivity contribution in [2.24, 2.45) is 0 Å². The van der Waals surface area contributed by atoms with E-state index in [4.69, 9.17) is 10.5 Å². The average Bonchev–Trinajstić information content (AvgIpc) is 2.36. The highest BCUT2D eigenvalue weighted by Gasteiger charge is 2.06. The number of nitrogens with one attached hydrogen (secondary N) is 1. The standard InChI is InChI=1S/C12H10N4O2/c1-18-7-2-3-9-6(4-7)5-8-10(14-9)15-12(13)16-11(8)17/h2-5H,1H3,(H3,13,14,15,16,17). The summed E-state index contributed by atoms with van der Waals surface area (Å²) in [6.07, 6.45) is 0. The number of aromatic amines is 1. The summed E-state index contributed by atoms with van der Waals surface area (Å²) in [5, 5.41) is 1.23. The number of fused-ring (bicyclic) bond motifs is 2. The van der Waals surface area contributed by atoms with E-state index in [-0.39, 0.29) is 11.5 Å². The summed E-state index contributed by atoms with van der Waals surface area (Å²) in [6, 6.07) is 7.16. The van der Waals surface area contributed by atoms with Crippen molar-refractivity contribution in [2.75, 3.05) is 12.8 Å². The van der Waals surface area contributed by atoms with E-state index in [1.807, 2.05) is 12.1 Å². The normalized spacial score (nSPS) is 10.9. The molecule has 3 aromatic rings. The molecule has 0 fully saturated rings. The van der Waals surface area contributed by atoms with E-state index in [1.54, 1.807) is 19.2 Å². The van der Waals surface area contributed by atoms with Gasteiger partial charge in [0.1, 0.15) is 5.75 Å². The number of H-pyrrole nitrogens is 1. The third-order valence-electron chi connectivity index (χ3n) is 2.71. The minimum atomic E-state index is -0.297. The minimum absolute atomic E-state index is 0.0628. The van der Waals surface area contributed by atoms with Crippen LogP contribution in [0.2, 0.25) is 0 Å². The zero-order valence-electron chi connectivity index (χ0n) is 9.60. The van der Waals surface area contributed by atoms with Crippen LogP contribution in [0.3, 0.4) is 0 Å². The SMILES string of the molecule is COc1ccc2nc3nc(N)[nH]c(=O)c3cc2c1. The fourth-order valence-electron chi connectivity index (χ4n) is 1.85. The number of nitrogen functional groups attached to an aromatic ring is 1. The number of anilines is 1. The van der Waals surface area contributed by atoms with Crippen molar-refractivity contribution in [2.45, 2.75) is 0 Å². The first-order valence-electron chi connectivity index (χ1n) is 5.31. The Morgan fingerprint density at radius 3 is 2.89 bits per heavy atom. The molecular formula is C12H10N4O2. The monoisotopic (exact) mass is 242 g/mol. The molecule has 0 radical (unpaired) electrons. The van der Waals surface area contributed by atoms with Crippen LogP contribution in [0.5, 0.6) is 5.75 Å². The second kappa shape index (κ2) is 3.69. The first-order valence-corrected chi connectivity index (χ1v) is 5.31. The number of hydrogen-bond acceptors (Lipinski definition) is 5. The summed E-state index contributed by atoms with van der Waals surface area (Å²) in [7, 11) is 1.59. The molecule has 6 nitrogen and oxygen atoms in total. The molecule has 0 saturated carbocycles. The average molecular weight is 242 g/mol. The van der Waals surface area contributed by atoms with Gasteiger partial charge in [0.25, 0.3) is 5.56 Å². The Labute approximate surface area is 101 Å². The first-order chi connectivity index (χ1) is 8.67. The number of nitrogens with zero attached hydrogens (tertiary/aromatic N) is 2. The molecule has 18 heavy (non-hydrogen) atoms. The van der Waals surface area contributed by atoms with Crippen molar-refractivity contribution in [3.05, 3.63) is 34.6 Å². The molecule has 0 aliphatic heterocycles. The lowest BCUT2D eigenvalue weighted by atomic mass is 10.2. The van der Waals surface area contributed by atoms with E-state index in [0.717, 1.165) is 10.9 Å². The van der Waals surface area contributed by atoms with Crippen molar-refractivity contribution in [3.8, 4) is 5.75 Å². The van der Waals surface area contributed by atoms with Gasteiger partial charge in [0.15, 0.2) is 5.65 Å². The van der Waals surface area contributed by atoms with E-state index in [0.29, 0.717) is 16.8 Å². The van der Waals surface area contributed by atoms with Gasteiger partial charge in [0, 0.05) is 5.39 Å². The maximum absolute atomic E-state index is 11.8. The number of pyridine rings is 1. The highest BCUT2D eigenvalue weighted by molar-refractivity contribution is 5.91. The van der Waals surface area contributed by atoms with Gasteiger partial charge in [-0.15, -0.1) is 0 Å². The lowest BCUT2D eigenvalue weighted by Gasteiger charge is -2.03. The van der Waals surface area contributed by atoms with E-state index in [9.17, 15) is 4.79 Å². The number of aromatic nitrogens is 3. The number of methoxy groups -OCH3 is 1. The summed E-state index contributed by atoms with van der Waals surface area (Å²) < 4.78 is 5.13. The van der Waals surface area contributed by atoms with Gasteiger partial charge in [0.05, 0.1) is 18.0 Å². The van der Waals surface area contributed by atoms with E-state index < -0.39 is 0 Å². The van der Waals surface area contributed by atoms with Gasteiger partial charge in [-0.2, -0.15) is 4.98 Å². The van der Waals surface area contributed by atoms with Crippen LogP contribution in [0.1, 0.15) is 0 Å². The Morgan fingerprint density at radius 2 is 2.11 bits per heavy atom. The predicted molar refractivity (Wildman–Crippen MR) is 68.6 cm³/mol. The largest absolute Gasteiger partial charge is 0.497 e. The van der Waals surface area contributed by atoms with Crippen molar-refractivity contribution in [1.29, 1.82) is 0 Å². The number of ether oxygens (including phenoxy) is 1. The van der Waals surface area contributed by atoms with Crippen LogP contribution in [0.15, 0.2) is 29.1 Å². The fraction of sp³-hybridized carbons (Fsp3) is 0.0833. The quantitative estimate of drug-likeness (QED) is 0.622. The molecule has 3 rings (SSSR count). The zero-order valence-corrected chi connectivity index (χ0v) is 9.60. The van der Waals surface area contributed by atoms with Crippen molar-refractivity contribution in [1.82, 2.24) is 15.0 Å². The summed E-state index contributed by atoms with van der Waals surface area (Å²) in [4.78, 5) is 22.5. The van der Waals surface area contributed by atoms with Crippen molar-refractivity contribution < 1.29 is 4.74 Å². The second-order valence-corrected chi connectivity index (χ2v) is 3.87. The van der Waals surface area contributed by atoms with Crippen molar-refractivity contribution >= 4 is 27.9 Å². The Hall–Kier alpha value is -2.63. The van der Waals surface area contributed by atoms with Gasteiger partial charge in [-0.3, -0.25) is 9.78 Å². The number of benzene rings is 1. The van der Waals surface area contributed by atoms with Crippen LogP contribution < -0.4 is 16.0 Å². The maximum atomic E-state index is 11.8. The first kappa shape index (κ1) is 10.5. The van der Waals surface area contributed by atoms with Gasteiger partial charge in [-0.05, 0) is 24.3 Å². The topological polar surface area (TPSA) is 93.9 Å². The van der Waals surface area contributed by atoms with Crippen LogP contribution in [-0.4, -0.2) is 22.1 Å². The zero-order chi connectivity index (χ0) is 12.7. The molecule has 2 aromatic heterocycles. The number of hydrogen-bond donors (Lipinski definition) is 2. The molecule has 0 bridgehead atoms. The summed E-state index contributed by atoms with van der Waals surface area (Å²) in [5.74, 6) is 0.774. The lowest BCUT2D eigenvalue weighted by Crippen LogP contribution is -2.11. The van der Waals surface area contributed by atoms with Crippen LogP contribution in [0.4, 0.5) is 5.95 Å². The minimum Gasteiger partial charge on any atom is -0.497 e. The molecular weight excluding hydrogens is 232 g/mol. The molecule has 6 heteroatoms. The second-order valence-electron chi connectivity index (χ2n) is 3.87. The highest BCUT2D eigenvalue weighted by atomic mass is 16.5. The van der Waals surface area contributed by atoms with Gasteiger partial charge in [-0.1, -0.05) is 0 Å². The maximum Gasteiger partial charge on any atom is 0.261 e. The van der Waals surface area contributed by atoms with Crippen LogP contribution in [0.25, 0.3) is 21.9 Å². The number of nitrogens with two attached hydrogens (primary N) is 1. The van der Waals surface area contributed by atoms with E-state index in [1.165, 1.54) is 0 Å². The molecule has 0 aliphatic carbocycles. The fourth-order valence-corrected chi connectivity index (χ4v) is 1.85. The van der Waals surface area contributed by atoms with Crippen LogP contribution in [-0.2, 0) is 0 Å². The number of rotatable bonds is 1. The Bertz CT molecular complexity index is 810. The Morgan fingerprint density at radius 1 is 1.28 bits per heavy atom. The predicted octanol–water partition coefficient (Wildman–Crippen LogP) is 1.06. The van der Waals surface area contributed by atoms with Crippen LogP contribution >= 0.6 is 0 Å². The summed E-state index contributed by atoms with van der Waals surface area (Å²) >= 11 is 0. The molecule has 0 atom stereocenters. The summed E-state index contributed by atoms with van der Waals surface area (Å²) in [5.41, 5.74) is 6.27. The molecule has 2 heterocycles. The lowest BCUT2D eigenvalue weighted by molar-refractivity contribution is 0.415. The van der Waals surface area contributed by atoms with Gasteiger partial charge in [-0.25, -0.2) is 4.98 Å². The van der Waals surface area contributed by atoms with Crippen molar-refractivity contribution in [3.63, 3.8) is 0 Å². The molecule has 0 saturated heterocycles. The highest BCUT2D eigenvalue weighted by Crippen LogP contribution is 2.21. The Kier molecular flexibility index (Phi) is 2.16. The van der Waals surface area contributed by atoms with E-state index >= 15 is 0 Å². The smallest absolute Gasteiger partial charge is 0.261 e. The summed E-state index contributed by atoms with van der Waals surface area (Å²) in [6.45, 7) is 0. The van der Waals surface area contributed by atoms with E-state index in [2.05, 4.69) is 15.0 Å².